The van der Waals surface area contributed by atoms with Crippen molar-refractivity contribution in [3.05, 3.63) is 27.1 Å². The van der Waals surface area contributed by atoms with Crippen LogP contribution < -0.4 is 4.90 Å². The summed E-state index contributed by atoms with van der Waals surface area (Å²) in [6, 6.07) is 5.12. The van der Waals surface area contributed by atoms with Gasteiger partial charge in [-0.15, -0.1) is 4.39 Å². The van der Waals surface area contributed by atoms with Crippen molar-refractivity contribution >= 4 is 43.7 Å². The number of nitrogens with zero attached hydrogens (tertiary/aromatic N) is 1. The van der Waals surface area contributed by atoms with Crippen molar-refractivity contribution in [3.63, 3.8) is 0 Å². The lowest BCUT2D eigenvalue weighted by molar-refractivity contribution is 0.229. The molecule has 0 fully saturated rings. The first-order valence-corrected chi connectivity index (χ1v) is 4.98. The number of benzene rings is 1. The lowest BCUT2D eigenvalue weighted by Gasteiger charge is -2.12. The minimum absolute atomic E-state index is 0.494. The van der Waals surface area contributed by atoms with E-state index in [0.29, 0.717) is 5.69 Å². The van der Waals surface area contributed by atoms with Crippen LogP contribution in [0.5, 0.6) is 0 Å². The highest BCUT2D eigenvalue weighted by atomic mass is 79.9. The van der Waals surface area contributed by atoms with Crippen molar-refractivity contribution < 1.29 is 9.18 Å². The normalized spacial score (nSPS) is 9.85. The van der Waals surface area contributed by atoms with Crippen molar-refractivity contribution in [2.75, 3.05) is 11.9 Å². The second-order valence-electron chi connectivity index (χ2n) is 2.44. The zero-order chi connectivity index (χ0) is 10.0. The van der Waals surface area contributed by atoms with Crippen LogP contribution in [0.3, 0.4) is 0 Å². The molecule has 0 aliphatic carbocycles. The topological polar surface area (TPSA) is 20.3 Å². The quantitative estimate of drug-likeness (QED) is 0.571. The molecule has 0 N–H and O–H groups in total. The van der Waals surface area contributed by atoms with Crippen LogP contribution in [-0.4, -0.2) is 13.2 Å². The number of carbonyl (C=O) groups is 1. The minimum atomic E-state index is -1.48. The van der Waals surface area contributed by atoms with E-state index in [-0.39, 0.29) is 0 Å². The van der Waals surface area contributed by atoms with Crippen LogP contribution in [0.15, 0.2) is 27.1 Å². The van der Waals surface area contributed by atoms with E-state index in [4.69, 9.17) is 0 Å². The van der Waals surface area contributed by atoms with Crippen molar-refractivity contribution in [1.29, 1.82) is 0 Å². The van der Waals surface area contributed by atoms with E-state index in [9.17, 15) is 9.18 Å². The summed E-state index contributed by atoms with van der Waals surface area (Å²) in [6.45, 7) is 0. The molecular formula is C8H6Br2FNO. The highest BCUT2D eigenvalue weighted by Gasteiger charge is 2.09. The summed E-state index contributed by atoms with van der Waals surface area (Å²) in [5.74, 6) is 0. The summed E-state index contributed by atoms with van der Waals surface area (Å²) in [7, 11) is 1.37. The van der Waals surface area contributed by atoms with Crippen molar-refractivity contribution in [2.24, 2.45) is 0 Å². The summed E-state index contributed by atoms with van der Waals surface area (Å²) in [5.41, 5.74) is 0.494. The Morgan fingerprint density at radius 1 is 1.31 bits per heavy atom. The smallest absolute Gasteiger partial charge is 0.287 e. The zero-order valence-corrected chi connectivity index (χ0v) is 9.89. The Morgan fingerprint density at radius 3 is 2.15 bits per heavy atom. The highest BCUT2D eigenvalue weighted by molar-refractivity contribution is 9.11. The van der Waals surface area contributed by atoms with Gasteiger partial charge < -0.3 is 0 Å². The number of hydrogen-bond acceptors (Lipinski definition) is 1. The second kappa shape index (κ2) is 4.19. The van der Waals surface area contributed by atoms with E-state index in [1.165, 1.54) is 7.05 Å². The molecule has 0 saturated carbocycles. The van der Waals surface area contributed by atoms with Crippen LogP contribution in [0.4, 0.5) is 14.9 Å². The fourth-order valence-corrected chi connectivity index (χ4v) is 2.10. The van der Waals surface area contributed by atoms with Crippen molar-refractivity contribution in [3.8, 4) is 0 Å². The number of anilines is 1. The van der Waals surface area contributed by atoms with Gasteiger partial charge in [0, 0.05) is 21.7 Å². The lowest BCUT2D eigenvalue weighted by atomic mass is 10.3. The Bertz CT molecular complexity index is 323. The molecule has 0 heterocycles. The van der Waals surface area contributed by atoms with Crippen LogP contribution >= 0.6 is 31.9 Å². The van der Waals surface area contributed by atoms with E-state index in [1.807, 2.05) is 0 Å². The molecule has 0 bridgehead atoms. The van der Waals surface area contributed by atoms with E-state index in [1.54, 1.807) is 18.2 Å². The zero-order valence-electron chi connectivity index (χ0n) is 6.72. The van der Waals surface area contributed by atoms with Crippen molar-refractivity contribution in [1.82, 2.24) is 0 Å². The van der Waals surface area contributed by atoms with Gasteiger partial charge in [0.15, 0.2) is 0 Å². The second-order valence-corrected chi connectivity index (χ2v) is 4.27. The Balaban J connectivity index is 3.07. The molecule has 70 valence electrons. The van der Waals surface area contributed by atoms with Gasteiger partial charge >= 0.3 is 6.16 Å². The fraction of sp³-hybridized carbons (Fsp3) is 0.125. The molecule has 13 heavy (non-hydrogen) atoms. The molecule has 0 aliphatic heterocycles. The van der Waals surface area contributed by atoms with E-state index < -0.39 is 6.16 Å². The first-order chi connectivity index (χ1) is 6.00. The molecule has 0 atom stereocenters. The van der Waals surface area contributed by atoms with Gasteiger partial charge in [-0.25, -0.2) is 4.79 Å². The maximum atomic E-state index is 12.3. The molecule has 0 spiro atoms. The Labute approximate surface area is 92.0 Å². The Hall–Kier alpha value is -0.420. The minimum Gasteiger partial charge on any atom is -0.287 e. The number of amides is 1. The molecule has 1 aromatic carbocycles. The third-order valence-corrected chi connectivity index (χ3v) is 2.41. The molecule has 0 aliphatic rings. The average molecular weight is 311 g/mol. The molecule has 0 saturated heterocycles. The Kier molecular flexibility index (Phi) is 3.44. The monoisotopic (exact) mass is 309 g/mol. The van der Waals surface area contributed by atoms with Gasteiger partial charge in [-0.05, 0) is 18.2 Å². The van der Waals surface area contributed by atoms with Crippen LogP contribution in [0, 0.1) is 0 Å². The van der Waals surface area contributed by atoms with Crippen LogP contribution in [0.2, 0.25) is 0 Å². The molecule has 2 nitrogen and oxygen atoms in total. The maximum Gasteiger partial charge on any atom is 0.404 e. The lowest BCUT2D eigenvalue weighted by Crippen LogP contribution is -2.20. The SMILES string of the molecule is CN(C(=O)F)c1cc(Br)cc(Br)c1. The predicted octanol–water partition coefficient (Wildman–Crippen LogP) is 3.74. The number of hydrogen-bond donors (Lipinski definition) is 0. The van der Waals surface area contributed by atoms with E-state index >= 15 is 0 Å². The molecule has 0 unspecified atom stereocenters. The van der Waals surface area contributed by atoms with Crippen LogP contribution in [-0.2, 0) is 0 Å². The summed E-state index contributed by atoms with van der Waals surface area (Å²) in [4.78, 5) is 11.3. The van der Waals surface area contributed by atoms with Gasteiger partial charge in [0.05, 0.1) is 0 Å². The fourth-order valence-electron chi connectivity index (χ4n) is 0.834. The van der Waals surface area contributed by atoms with Gasteiger partial charge in [0.1, 0.15) is 0 Å². The molecular weight excluding hydrogens is 305 g/mol. The third kappa shape index (κ3) is 2.77. The summed E-state index contributed by atoms with van der Waals surface area (Å²) < 4.78 is 13.9. The maximum absolute atomic E-state index is 12.3. The average Bonchev–Trinajstić information content (AvgIpc) is 2.01. The molecule has 0 radical (unpaired) electrons. The predicted molar refractivity (Wildman–Crippen MR) is 56.7 cm³/mol. The third-order valence-electron chi connectivity index (χ3n) is 1.50. The highest BCUT2D eigenvalue weighted by Crippen LogP contribution is 2.25. The van der Waals surface area contributed by atoms with Gasteiger partial charge in [-0.3, -0.25) is 4.90 Å². The Morgan fingerprint density at radius 2 is 1.77 bits per heavy atom. The van der Waals surface area contributed by atoms with Gasteiger partial charge in [-0.1, -0.05) is 31.9 Å². The van der Waals surface area contributed by atoms with E-state index in [0.717, 1.165) is 13.8 Å². The first-order valence-electron chi connectivity index (χ1n) is 3.40. The molecule has 1 amide bonds. The number of rotatable bonds is 1. The van der Waals surface area contributed by atoms with Gasteiger partial charge in [0.2, 0.25) is 0 Å². The largest absolute Gasteiger partial charge is 0.404 e. The summed E-state index contributed by atoms with van der Waals surface area (Å²) in [5, 5.41) is 0. The standard InChI is InChI=1S/C8H6Br2FNO/c1-12(8(11)13)7-3-5(9)2-6(10)4-7/h2-4H,1H3. The van der Waals surface area contributed by atoms with Crippen molar-refractivity contribution in [2.45, 2.75) is 0 Å². The summed E-state index contributed by atoms with van der Waals surface area (Å²) in [6.07, 6.45) is -1.48. The van der Waals surface area contributed by atoms with Gasteiger partial charge in [0.25, 0.3) is 0 Å². The summed E-state index contributed by atoms with van der Waals surface area (Å²) >= 11 is 6.48. The number of halogens is 3. The van der Waals surface area contributed by atoms with Gasteiger partial charge in [-0.2, -0.15) is 0 Å². The van der Waals surface area contributed by atoms with Crippen LogP contribution in [0.1, 0.15) is 0 Å². The molecule has 0 aromatic heterocycles. The molecule has 5 heteroatoms. The first kappa shape index (κ1) is 10.7. The molecule has 1 aromatic rings. The van der Waals surface area contributed by atoms with Crippen LogP contribution in [0.25, 0.3) is 0 Å². The molecule has 1 rings (SSSR count). The number of carbonyl (C=O) groups excluding carboxylic acids is 1. The van der Waals surface area contributed by atoms with E-state index in [2.05, 4.69) is 31.9 Å².